The summed E-state index contributed by atoms with van der Waals surface area (Å²) in [4.78, 5) is 28.0. The molecule has 1 fully saturated rings. The third-order valence-electron chi connectivity index (χ3n) is 4.27. The fourth-order valence-electron chi connectivity index (χ4n) is 2.77. The summed E-state index contributed by atoms with van der Waals surface area (Å²) in [5.41, 5.74) is 0.993. The van der Waals surface area contributed by atoms with Crippen LogP contribution in [-0.4, -0.2) is 54.4 Å². The summed E-state index contributed by atoms with van der Waals surface area (Å²) >= 11 is 0. The Morgan fingerprint density at radius 2 is 1.42 bits per heavy atom. The minimum atomic E-state index is -0.0548. The molecule has 1 aliphatic heterocycles. The van der Waals surface area contributed by atoms with Crippen LogP contribution in [0.25, 0.3) is 6.08 Å². The minimum Gasteiger partial charge on any atom is -0.484 e. The van der Waals surface area contributed by atoms with Crippen molar-refractivity contribution in [1.29, 1.82) is 0 Å². The van der Waals surface area contributed by atoms with Gasteiger partial charge < -0.3 is 14.5 Å². The first-order valence-corrected chi connectivity index (χ1v) is 8.70. The van der Waals surface area contributed by atoms with Gasteiger partial charge in [0.25, 0.3) is 5.91 Å². The highest BCUT2D eigenvalue weighted by molar-refractivity contribution is 5.92. The molecule has 0 bridgehead atoms. The number of carbonyl (C=O) groups excluding carboxylic acids is 2. The van der Waals surface area contributed by atoms with Crippen LogP contribution < -0.4 is 4.74 Å². The molecule has 2 amide bonds. The maximum atomic E-state index is 12.3. The molecule has 3 rings (SSSR count). The molecule has 5 nitrogen and oxygen atoms in total. The minimum absolute atomic E-state index is 0.0197. The monoisotopic (exact) mass is 350 g/mol. The predicted octanol–water partition coefficient (Wildman–Crippen LogP) is 2.45. The molecular formula is C21H22N2O3. The van der Waals surface area contributed by atoms with E-state index in [1.54, 1.807) is 15.9 Å². The fourth-order valence-corrected chi connectivity index (χ4v) is 2.77. The van der Waals surface area contributed by atoms with Crippen LogP contribution in [0.5, 0.6) is 5.75 Å². The van der Waals surface area contributed by atoms with Crippen molar-refractivity contribution < 1.29 is 14.3 Å². The first kappa shape index (κ1) is 17.7. The van der Waals surface area contributed by atoms with Gasteiger partial charge in [0.1, 0.15) is 5.75 Å². The van der Waals surface area contributed by atoms with E-state index >= 15 is 0 Å². The molecule has 1 heterocycles. The van der Waals surface area contributed by atoms with Crippen molar-refractivity contribution in [2.75, 3.05) is 32.8 Å². The van der Waals surface area contributed by atoms with Crippen molar-refractivity contribution in [2.24, 2.45) is 0 Å². The second-order valence-electron chi connectivity index (χ2n) is 6.05. The molecule has 0 atom stereocenters. The zero-order chi connectivity index (χ0) is 18.2. The maximum absolute atomic E-state index is 12.3. The number of benzene rings is 2. The molecule has 1 aliphatic rings. The summed E-state index contributed by atoms with van der Waals surface area (Å²) in [7, 11) is 0. The van der Waals surface area contributed by atoms with Gasteiger partial charge >= 0.3 is 0 Å². The van der Waals surface area contributed by atoms with Crippen LogP contribution in [0.1, 0.15) is 5.56 Å². The number of piperazine rings is 1. The fraction of sp³-hybridized carbons (Fsp3) is 0.238. The quantitative estimate of drug-likeness (QED) is 0.779. The van der Waals surface area contributed by atoms with Crippen molar-refractivity contribution in [3.63, 3.8) is 0 Å². The summed E-state index contributed by atoms with van der Waals surface area (Å²) < 4.78 is 5.50. The Hall–Kier alpha value is -3.08. The van der Waals surface area contributed by atoms with E-state index in [2.05, 4.69) is 0 Å². The average molecular weight is 350 g/mol. The Morgan fingerprint density at radius 3 is 2.08 bits per heavy atom. The number of hydrogen-bond donors (Lipinski definition) is 0. The van der Waals surface area contributed by atoms with E-state index in [9.17, 15) is 9.59 Å². The molecule has 134 valence electrons. The molecule has 1 saturated heterocycles. The zero-order valence-electron chi connectivity index (χ0n) is 14.6. The van der Waals surface area contributed by atoms with Crippen LogP contribution in [0.3, 0.4) is 0 Å². The predicted molar refractivity (Wildman–Crippen MR) is 101 cm³/mol. The van der Waals surface area contributed by atoms with Gasteiger partial charge in [0.2, 0.25) is 5.91 Å². The lowest BCUT2D eigenvalue weighted by Crippen LogP contribution is -2.51. The number of nitrogens with zero attached hydrogens (tertiary/aromatic N) is 2. The lowest BCUT2D eigenvalue weighted by Gasteiger charge is -2.34. The summed E-state index contributed by atoms with van der Waals surface area (Å²) in [6.07, 6.45) is 3.40. The summed E-state index contributed by atoms with van der Waals surface area (Å²) in [6, 6.07) is 19.0. The molecule has 0 saturated carbocycles. The largest absolute Gasteiger partial charge is 0.484 e. The Bertz CT molecular complexity index is 751. The third-order valence-corrected chi connectivity index (χ3v) is 4.27. The van der Waals surface area contributed by atoms with Gasteiger partial charge in [-0.2, -0.15) is 0 Å². The molecule has 0 spiro atoms. The van der Waals surface area contributed by atoms with Crippen LogP contribution in [0.4, 0.5) is 0 Å². The molecule has 5 heteroatoms. The molecule has 2 aromatic rings. The normalized spacial score (nSPS) is 14.5. The van der Waals surface area contributed by atoms with E-state index in [0.29, 0.717) is 31.9 Å². The van der Waals surface area contributed by atoms with Gasteiger partial charge in [-0.05, 0) is 23.8 Å². The number of ether oxygens (including phenoxy) is 1. The zero-order valence-corrected chi connectivity index (χ0v) is 14.6. The molecule has 0 radical (unpaired) electrons. The van der Waals surface area contributed by atoms with Gasteiger partial charge in [-0.25, -0.2) is 0 Å². The van der Waals surface area contributed by atoms with Crippen LogP contribution in [0.15, 0.2) is 66.7 Å². The van der Waals surface area contributed by atoms with Gasteiger partial charge in [-0.3, -0.25) is 9.59 Å². The van der Waals surface area contributed by atoms with Gasteiger partial charge in [0.05, 0.1) is 0 Å². The average Bonchev–Trinajstić information content (AvgIpc) is 2.72. The number of amides is 2. The van der Waals surface area contributed by atoms with Crippen molar-refractivity contribution >= 4 is 17.9 Å². The Kier molecular flexibility index (Phi) is 6.04. The highest BCUT2D eigenvalue weighted by Gasteiger charge is 2.23. The van der Waals surface area contributed by atoms with Crippen LogP contribution in [0.2, 0.25) is 0 Å². The molecule has 26 heavy (non-hydrogen) atoms. The lowest BCUT2D eigenvalue weighted by molar-refractivity contribution is -0.138. The Labute approximate surface area is 153 Å². The van der Waals surface area contributed by atoms with Crippen molar-refractivity contribution in [3.05, 3.63) is 72.3 Å². The molecule has 0 N–H and O–H groups in total. The molecule has 0 unspecified atom stereocenters. The molecule has 0 aromatic heterocycles. The van der Waals surface area contributed by atoms with E-state index in [0.717, 1.165) is 5.56 Å². The highest BCUT2D eigenvalue weighted by Crippen LogP contribution is 2.10. The summed E-state index contributed by atoms with van der Waals surface area (Å²) in [6.45, 7) is 2.15. The molecule has 0 aliphatic carbocycles. The van der Waals surface area contributed by atoms with E-state index in [1.807, 2.05) is 66.7 Å². The SMILES string of the molecule is O=C(/C=C\c1ccccc1)N1CCN(C(=O)COc2ccccc2)CC1. The second-order valence-corrected chi connectivity index (χ2v) is 6.05. The smallest absolute Gasteiger partial charge is 0.260 e. The van der Waals surface area contributed by atoms with E-state index in [4.69, 9.17) is 4.74 Å². The van der Waals surface area contributed by atoms with Gasteiger partial charge in [-0.1, -0.05) is 48.5 Å². The Morgan fingerprint density at radius 1 is 0.846 bits per heavy atom. The third kappa shape index (κ3) is 4.96. The maximum Gasteiger partial charge on any atom is 0.260 e. The van der Waals surface area contributed by atoms with Gasteiger partial charge in [0.15, 0.2) is 6.61 Å². The van der Waals surface area contributed by atoms with Crippen LogP contribution in [-0.2, 0) is 9.59 Å². The first-order chi connectivity index (χ1) is 12.7. The topological polar surface area (TPSA) is 49.9 Å². The van der Waals surface area contributed by atoms with Crippen molar-refractivity contribution in [2.45, 2.75) is 0 Å². The summed E-state index contributed by atoms with van der Waals surface area (Å²) in [5.74, 6) is 0.600. The van der Waals surface area contributed by atoms with Crippen LogP contribution in [0, 0.1) is 0 Å². The first-order valence-electron chi connectivity index (χ1n) is 8.70. The van der Waals surface area contributed by atoms with Crippen molar-refractivity contribution in [1.82, 2.24) is 9.80 Å². The standard InChI is InChI=1S/C21H22N2O3/c24-20(12-11-18-7-3-1-4-8-18)22-13-15-23(16-14-22)21(25)17-26-19-9-5-2-6-10-19/h1-12H,13-17H2/b12-11-. The van der Waals surface area contributed by atoms with E-state index in [-0.39, 0.29) is 18.4 Å². The van der Waals surface area contributed by atoms with E-state index < -0.39 is 0 Å². The van der Waals surface area contributed by atoms with Gasteiger partial charge in [-0.15, -0.1) is 0 Å². The summed E-state index contributed by atoms with van der Waals surface area (Å²) in [5, 5.41) is 0. The number of hydrogen-bond acceptors (Lipinski definition) is 3. The lowest BCUT2D eigenvalue weighted by atomic mass is 10.2. The van der Waals surface area contributed by atoms with Gasteiger partial charge in [0, 0.05) is 32.3 Å². The number of carbonyl (C=O) groups is 2. The highest BCUT2D eigenvalue weighted by atomic mass is 16.5. The Balaban J connectivity index is 1.44. The van der Waals surface area contributed by atoms with E-state index in [1.165, 1.54) is 0 Å². The number of para-hydroxylation sites is 1. The molecular weight excluding hydrogens is 328 g/mol. The van der Waals surface area contributed by atoms with Crippen LogP contribution >= 0.6 is 0 Å². The number of rotatable bonds is 5. The molecule has 2 aromatic carbocycles. The van der Waals surface area contributed by atoms with Crippen molar-refractivity contribution in [3.8, 4) is 5.75 Å². The second kappa shape index (κ2) is 8.85.